The third kappa shape index (κ3) is 2.93. The number of amides is 1. The van der Waals surface area contributed by atoms with Gasteiger partial charge in [0.1, 0.15) is 0 Å². The molecule has 9 heteroatoms. The highest BCUT2D eigenvalue weighted by Crippen LogP contribution is 2.31. The van der Waals surface area contributed by atoms with Gasteiger partial charge in [-0.15, -0.1) is 0 Å². The maximum Gasteiger partial charge on any atom is 0.289 e. The molecule has 1 fully saturated rings. The Morgan fingerprint density at radius 2 is 2.04 bits per heavy atom. The van der Waals surface area contributed by atoms with Crippen molar-refractivity contribution in [2.75, 3.05) is 31.1 Å². The molecule has 25 heavy (non-hydrogen) atoms. The molecule has 0 unspecified atom stereocenters. The number of fused-ring (bicyclic) bond motifs is 1. The van der Waals surface area contributed by atoms with E-state index >= 15 is 0 Å². The third-order valence-corrected chi connectivity index (χ3v) is 5.22. The summed E-state index contributed by atoms with van der Waals surface area (Å²) in [6, 6.07) is 8.04. The number of furan rings is 1. The Morgan fingerprint density at radius 1 is 1.24 bits per heavy atom. The average molecular weight is 358 g/mol. The number of carbonyl (C=O) groups is 1. The molecule has 4 rings (SSSR count). The largest absolute Gasteiger partial charge is 0.459 e. The van der Waals surface area contributed by atoms with Crippen LogP contribution in [0.4, 0.5) is 10.8 Å². The summed E-state index contributed by atoms with van der Waals surface area (Å²) in [6.07, 6.45) is 1.49. The number of thiazole rings is 1. The fourth-order valence-corrected chi connectivity index (χ4v) is 3.86. The standard InChI is InChI=1S/C16H14N4O4S/c21-15(13-2-1-9-24-13)18-5-7-19(8-6-18)16-17-12-4-3-11(20(22)23)10-14(12)25-16/h1-4,9-10H,5-8H2. The number of rotatable bonds is 3. The lowest BCUT2D eigenvalue weighted by molar-refractivity contribution is -0.384. The molecule has 3 aromatic rings. The predicted octanol–water partition coefficient (Wildman–Crippen LogP) is 2.76. The Labute approximate surface area is 146 Å². The van der Waals surface area contributed by atoms with Crippen molar-refractivity contribution in [2.24, 2.45) is 0 Å². The van der Waals surface area contributed by atoms with Gasteiger partial charge in [0, 0.05) is 38.3 Å². The molecule has 0 atom stereocenters. The zero-order valence-corrected chi connectivity index (χ0v) is 13.9. The molecule has 1 amide bonds. The molecule has 1 aliphatic heterocycles. The number of piperazine rings is 1. The zero-order valence-electron chi connectivity index (χ0n) is 13.1. The van der Waals surface area contributed by atoms with Crippen LogP contribution in [-0.4, -0.2) is 46.9 Å². The van der Waals surface area contributed by atoms with Gasteiger partial charge < -0.3 is 14.2 Å². The molecule has 3 heterocycles. The van der Waals surface area contributed by atoms with Crippen molar-refractivity contribution in [3.63, 3.8) is 0 Å². The number of nitrogens with zero attached hydrogens (tertiary/aromatic N) is 4. The second kappa shape index (κ2) is 6.17. The number of benzene rings is 1. The monoisotopic (exact) mass is 358 g/mol. The average Bonchev–Trinajstić information content (AvgIpc) is 3.30. The van der Waals surface area contributed by atoms with Gasteiger partial charge >= 0.3 is 0 Å². The molecule has 0 N–H and O–H groups in total. The van der Waals surface area contributed by atoms with Crippen molar-refractivity contribution in [1.82, 2.24) is 9.88 Å². The van der Waals surface area contributed by atoms with Crippen LogP contribution in [0.2, 0.25) is 0 Å². The van der Waals surface area contributed by atoms with Crippen LogP contribution in [0.25, 0.3) is 10.2 Å². The van der Waals surface area contributed by atoms with Gasteiger partial charge in [-0.1, -0.05) is 11.3 Å². The van der Waals surface area contributed by atoms with E-state index in [0.29, 0.717) is 31.9 Å². The minimum Gasteiger partial charge on any atom is -0.459 e. The molecule has 2 aromatic heterocycles. The number of non-ortho nitro benzene ring substituents is 1. The first-order chi connectivity index (χ1) is 12.1. The molecule has 8 nitrogen and oxygen atoms in total. The summed E-state index contributed by atoms with van der Waals surface area (Å²) in [7, 11) is 0. The molecule has 0 radical (unpaired) electrons. The van der Waals surface area contributed by atoms with Crippen LogP contribution in [0.15, 0.2) is 41.0 Å². The first-order valence-corrected chi connectivity index (χ1v) is 8.56. The Hall–Kier alpha value is -2.94. The summed E-state index contributed by atoms with van der Waals surface area (Å²) >= 11 is 1.43. The van der Waals surface area contributed by atoms with E-state index in [1.807, 2.05) is 0 Å². The van der Waals surface area contributed by atoms with Crippen molar-refractivity contribution < 1.29 is 14.1 Å². The minimum absolute atomic E-state index is 0.0663. The first kappa shape index (κ1) is 15.6. The number of hydrogen-bond acceptors (Lipinski definition) is 7. The van der Waals surface area contributed by atoms with Crippen molar-refractivity contribution in [3.05, 3.63) is 52.5 Å². The Balaban J connectivity index is 1.48. The van der Waals surface area contributed by atoms with Crippen LogP contribution in [0, 0.1) is 10.1 Å². The van der Waals surface area contributed by atoms with Gasteiger partial charge in [-0.2, -0.15) is 0 Å². The Morgan fingerprint density at radius 3 is 2.72 bits per heavy atom. The molecular formula is C16H14N4O4S. The van der Waals surface area contributed by atoms with E-state index in [1.54, 1.807) is 29.2 Å². The maximum atomic E-state index is 12.3. The SMILES string of the molecule is O=C(c1ccco1)N1CCN(c2nc3ccc([N+](=O)[O-])cc3s2)CC1. The van der Waals surface area contributed by atoms with E-state index in [0.717, 1.165) is 15.3 Å². The van der Waals surface area contributed by atoms with E-state index in [1.165, 1.54) is 23.7 Å². The van der Waals surface area contributed by atoms with Gasteiger partial charge in [0.2, 0.25) is 0 Å². The highest BCUT2D eigenvalue weighted by Gasteiger charge is 2.25. The van der Waals surface area contributed by atoms with Crippen LogP contribution in [0.5, 0.6) is 0 Å². The minimum atomic E-state index is -0.405. The van der Waals surface area contributed by atoms with Crippen LogP contribution >= 0.6 is 11.3 Å². The molecule has 128 valence electrons. The van der Waals surface area contributed by atoms with E-state index in [-0.39, 0.29) is 11.6 Å². The summed E-state index contributed by atoms with van der Waals surface area (Å²) < 4.78 is 5.95. The fraction of sp³-hybridized carbons (Fsp3) is 0.250. The summed E-state index contributed by atoms with van der Waals surface area (Å²) in [5.41, 5.74) is 0.816. The molecule has 0 saturated carbocycles. The predicted molar refractivity (Wildman–Crippen MR) is 93.1 cm³/mol. The Bertz CT molecular complexity index is 929. The van der Waals surface area contributed by atoms with E-state index < -0.39 is 4.92 Å². The van der Waals surface area contributed by atoms with Crippen LogP contribution in [-0.2, 0) is 0 Å². The zero-order chi connectivity index (χ0) is 17.4. The maximum absolute atomic E-state index is 12.3. The highest BCUT2D eigenvalue weighted by molar-refractivity contribution is 7.22. The van der Waals surface area contributed by atoms with Gasteiger partial charge in [0.05, 0.1) is 21.4 Å². The molecule has 1 saturated heterocycles. The van der Waals surface area contributed by atoms with Gasteiger partial charge in [0.15, 0.2) is 10.9 Å². The van der Waals surface area contributed by atoms with E-state index in [4.69, 9.17) is 4.42 Å². The summed E-state index contributed by atoms with van der Waals surface area (Å²) in [5.74, 6) is 0.241. The first-order valence-electron chi connectivity index (χ1n) is 7.74. The molecule has 1 aromatic carbocycles. The van der Waals surface area contributed by atoms with Crippen LogP contribution in [0.3, 0.4) is 0 Å². The fourth-order valence-electron chi connectivity index (χ4n) is 2.81. The van der Waals surface area contributed by atoms with Crippen molar-refractivity contribution in [2.45, 2.75) is 0 Å². The number of hydrogen-bond donors (Lipinski definition) is 0. The number of carbonyl (C=O) groups excluding carboxylic acids is 1. The van der Waals surface area contributed by atoms with E-state index in [9.17, 15) is 14.9 Å². The second-order valence-corrected chi connectivity index (χ2v) is 6.67. The van der Waals surface area contributed by atoms with Crippen LogP contribution < -0.4 is 4.90 Å². The van der Waals surface area contributed by atoms with Gasteiger partial charge in [-0.3, -0.25) is 14.9 Å². The highest BCUT2D eigenvalue weighted by atomic mass is 32.1. The summed E-state index contributed by atoms with van der Waals surface area (Å²) in [6.45, 7) is 2.48. The number of nitro benzene ring substituents is 1. The van der Waals surface area contributed by atoms with E-state index in [2.05, 4.69) is 9.88 Å². The van der Waals surface area contributed by atoms with Crippen molar-refractivity contribution >= 4 is 38.3 Å². The summed E-state index contributed by atoms with van der Waals surface area (Å²) in [5, 5.41) is 11.7. The lowest BCUT2D eigenvalue weighted by atomic mass is 10.3. The van der Waals surface area contributed by atoms with Crippen LogP contribution in [0.1, 0.15) is 10.6 Å². The molecular weight excluding hydrogens is 344 g/mol. The topological polar surface area (TPSA) is 92.7 Å². The normalized spacial score (nSPS) is 14.9. The second-order valence-electron chi connectivity index (χ2n) is 5.66. The van der Waals surface area contributed by atoms with Gasteiger partial charge in [-0.05, 0) is 18.2 Å². The molecule has 1 aliphatic rings. The molecule has 0 aliphatic carbocycles. The third-order valence-electron chi connectivity index (χ3n) is 4.14. The van der Waals surface area contributed by atoms with Crippen molar-refractivity contribution in [1.29, 1.82) is 0 Å². The smallest absolute Gasteiger partial charge is 0.289 e. The Kier molecular flexibility index (Phi) is 3.85. The summed E-state index contributed by atoms with van der Waals surface area (Å²) in [4.78, 5) is 31.2. The number of aromatic nitrogens is 1. The van der Waals surface area contributed by atoms with Crippen molar-refractivity contribution in [3.8, 4) is 0 Å². The molecule has 0 bridgehead atoms. The van der Waals surface area contributed by atoms with Gasteiger partial charge in [0.25, 0.3) is 11.6 Å². The lowest BCUT2D eigenvalue weighted by Gasteiger charge is -2.34. The lowest BCUT2D eigenvalue weighted by Crippen LogP contribution is -2.48. The quantitative estimate of drug-likeness (QED) is 0.528. The molecule has 0 spiro atoms. The van der Waals surface area contributed by atoms with Gasteiger partial charge in [-0.25, -0.2) is 4.98 Å². The number of anilines is 1. The number of nitro groups is 1.